The molecule has 0 spiro atoms. The molecule has 0 bridgehead atoms. The van der Waals surface area contributed by atoms with Crippen LogP contribution in [-0.2, 0) is 26.8 Å². The first-order valence-electron chi connectivity index (χ1n) is 10.0. The molecule has 1 aromatic carbocycles. The van der Waals surface area contributed by atoms with E-state index in [4.69, 9.17) is 9.47 Å². The summed E-state index contributed by atoms with van der Waals surface area (Å²) in [5.74, 6) is 0.460. The van der Waals surface area contributed by atoms with Crippen LogP contribution in [0.3, 0.4) is 0 Å². The van der Waals surface area contributed by atoms with Crippen LogP contribution in [0.15, 0.2) is 12.1 Å². The van der Waals surface area contributed by atoms with E-state index in [0.29, 0.717) is 18.6 Å². The maximum atomic E-state index is 12.5. The number of nitrogens with one attached hydrogen (secondary N) is 1. The Morgan fingerprint density at radius 2 is 1.45 bits per heavy atom. The Labute approximate surface area is 176 Å². The van der Waals surface area contributed by atoms with Crippen LogP contribution < -0.4 is 10.1 Å². The maximum absolute atomic E-state index is 12.5. The molecule has 0 aliphatic carbocycles. The van der Waals surface area contributed by atoms with Gasteiger partial charge in [0, 0.05) is 0 Å². The number of amides is 1. The molecule has 1 amide bonds. The van der Waals surface area contributed by atoms with E-state index in [9.17, 15) is 9.59 Å². The summed E-state index contributed by atoms with van der Waals surface area (Å²) >= 11 is 0. The van der Waals surface area contributed by atoms with Crippen LogP contribution in [0.4, 0.5) is 4.79 Å². The summed E-state index contributed by atoms with van der Waals surface area (Å²) in [7, 11) is 3.52. The molecule has 160 valence electrons. The average Bonchev–Trinajstić information content (AvgIpc) is 2.49. The molecule has 0 heterocycles. The first-order chi connectivity index (χ1) is 13.0. The molecule has 29 heavy (non-hydrogen) atoms. The third-order valence-corrected chi connectivity index (χ3v) is 4.24. The van der Waals surface area contributed by atoms with E-state index < -0.39 is 11.8 Å². The zero-order valence-corrected chi connectivity index (χ0v) is 19.5. The van der Waals surface area contributed by atoms with Crippen molar-refractivity contribution >= 4 is 25.6 Å². The summed E-state index contributed by atoms with van der Waals surface area (Å²) in [4.78, 5) is 24.3. The fraction of sp³-hybridized carbons (Fsp3) is 0.609. The molecule has 5 nitrogen and oxygen atoms in total. The molecule has 1 aromatic rings. The van der Waals surface area contributed by atoms with E-state index in [1.807, 2.05) is 12.1 Å². The Hall–Kier alpha value is -2.11. The Morgan fingerprint density at radius 1 is 0.966 bits per heavy atom. The summed E-state index contributed by atoms with van der Waals surface area (Å²) in [6.07, 6.45) is 1.61. The third kappa shape index (κ3) is 8.04. The summed E-state index contributed by atoms with van der Waals surface area (Å²) in [5, 5.41) is 2.60. The van der Waals surface area contributed by atoms with Gasteiger partial charge in [-0.25, -0.2) is 0 Å². The number of benzene rings is 1. The van der Waals surface area contributed by atoms with Crippen molar-refractivity contribution in [1.82, 2.24) is 5.32 Å². The van der Waals surface area contributed by atoms with Crippen molar-refractivity contribution in [2.45, 2.75) is 91.6 Å². The van der Waals surface area contributed by atoms with Crippen LogP contribution in [0.25, 0.3) is 0 Å². The molecule has 0 aromatic heterocycles. The van der Waals surface area contributed by atoms with E-state index >= 15 is 0 Å². The minimum atomic E-state index is -0.716. The molecule has 0 aliphatic rings. The van der Waals surface area contributed by atoms with Crippen molar-refractivity contribution in [3.8, 4) is 5.75 Å². The van der Waals surface area contributed by atoms with Gasteiger partial charge in [-0.15, -0.1) is 0 Å². The van der Waals surface area contributed by atoms with Gasteiger partial charge in [0.1, 0.15) is 5.60 Å². The molecule has 0 aliphatic heterocycles. The fourth-order valence-electron chi connectivity index (χ4n) is 2.86. The molecule has 1 rings (SSSR count). The van der Waals surface area contributed by atoms with Gasteiger partial charge in [0.2, 0.25) is 0 Å². The third-order valence-electron chi connectivity index (χ3n) is 4.24. The van der Waals surface area contributed by atoms with Gasteiger partial charge in [-0.05, 0) is 20.8 Å². The van der Waals surface area contributed by atoms with Gasteiger partial charge in [-0.1, -0.05) is 0 Å². The Kier molecular flexibility index (Phi) is 7.86. The second kappa shape index (κ2) is 9.14. The van der Waals surface area contributed by atoms with Crippen molar-refractivity contribution < 1.29 is 19.1 Å². The van der Waals surface area contributed by atoms with Gasteiger partial charge >= 0.3 is 150 Å². The van der Waals surface area contributed by atoms with Crippen molar-refractivity contribution in [2.24, 2.45) is 0 Å². The molecule has 0 fully saturated rings. The molecule has 1 N–H and O–H groups in total. The molecule has 0 radical (unpaired) electrons. The predicted octanol–water partition coefficient (Wildman–Crippen LogP) is 4.30. The summed E-state index contributed by atoms with van der Waals surface area (Å²) < 4.78 is 11.2. The molecule has 0 atom stereocenters. The molecular formula is C23H36BNO4. The van der Waals surface area contributed by atoms with Crippen LogP contribution >= 0.6 is 0 Å². The van der Waals surface area contributed by atoms with E-state index in [2.05, 4.69) is 54.3 Å². The number of carbonyl (C=O) groups is 2. The van der Waals surface area contributed by atoms with Crippen molar-refractivity contribution in [1.29, 1.82) is 0 Å². The molecule has 6 heteroatoms. The number of hydrogen-bond donors (Lipinski definition) is 1. The van der Waals surface area contributed by atoms with Crippen LogP contribution in [0.1, 0.15) is 85.4 Å². The molecule has 0 saturated carbocycles. The SMILES string of the molecule is B=CNC(=O)CCc1cc(C(C)(C)C)c(OC(=O)OC(C)(C)C)c(C(C)(C)C)c1. The van der Waals surface area contributed by atoms with Crippen LogP contribution in [0.5, 0.6) is 5.75 Å². The first-order valence-corrected chi connectivity index (χ1v) is 10.0. The Morgan fingerprint density at radius 3 is 1.83 bits per heavy atom. The fourth-order valence-corrected chi connectivity index (χ4v) is 2.86. The van der Waals surface area contributed by atoms with Gasteiger partial charge < -0.3 is 0 Å². The van der Waals surface area contributed by atoms with E-state index in [0.717, 1.165) is 16.7 Å². The molecule has 0 saturated heterocycles. The van der Waals surface area contributed by atoms with Crippen molar-refractivity contribution in [2.75, 3.05) is 0 Å². The van der Waals surface area contributed by atoms with Gasteiger partial charge in [0.25, 0.3) is 0 Å². The molecule has 0 unspecified atom stereocenters. The predicted molar refractivity (Wildman–Crippen MR) is 120 cm³/mol. The first kappa shape index (κ1) is 24.9. The number of rotatable bonds is 5. The van der Waals surface area contributed by atoms with Gasteiger partial charge in [0.05, 0.1) is 0 Å². The zero-order chi connectivity index (χ0) is 22.6. The monoisotopic (exact) mass is 401 g/mol. The standard InChI is InChI=1S/C23H36BNO4/c1-21(2,3)16-12-15(10-11-18(26)25-14-24)13-17(22(4,5)6)19(16)28-20(27)29-23(7,8)9/h12-14,24H,10-11H2,1-9H3,(H,25,26). The van der Waals surface area contributed by atoms with E-state index in [1.54, 1.807) is 20.8 Å². The minimum absolute atomic E-state index is 0.0799. The van der Waals surface area contributed by atoms with E-state index in [1.165, 1.54) is 6.09 Å². The van der Waals surface area contributed by atoms with E-state index in [-0.39, 0.29) is 16.7 Å². The van der Waals surface area contributed by atoms with Crippen LogP contribution in [-0.4, -0.2) is 31.2 Å². The quantitative estimate of drug-likeness (QED) is 0.454. The normalized spacial score (nSPS) is 12.3. The van der Waals surface area contributed by atoms with Crippen LogP contribution in [0, 0.1) is 0 Å². The van der Waals surface area contributed by atoms with Crippen LogP contribution in [0.2, 0.25) is 0 Å². The number of carbonyl (C=O) groups excluding carboxylic acids is 2. The number of hydrogen-bond acceptors (Lipinski definition) is 4. The van der Waals surface area contributed by atoms with Gasteiger partial charge in [-0.3, -0.25) is 0 Å². The van der Waals surface area contributed by atoms with Gasteiger partial charge in [0.15, 0.2) is 0 Å². The van der Waals surface area contributed by atoms with Crippen molar-refractivity contribution in [3.63, 3.8) is 0 Å². The number of ether oxygens (including phenoxy) is 2. The second-order valence-electron chi connectivity index (χ2n) is 10.4. The number of aryl methyl sites for hydroxylation is 1. The summed E-state index contributed by atoms with van der Waals surface area (Å²) in [5.41, 5.74) is 1.67. The molecular weight excluding hydrogens is 365 g/mol. The summed E-state index contributed by atoms with van der Waals surface area (Å²) in [6.45, 7) is 17.9. The Balaban J connectivity index is 3.46. The van der Waals surface area contributed by atoms with Gasteiger partial charge in [-0.2, -0.15) is 0 Å². The summed E-state index contributed by atoms with van der Waals surface area (Å²) in [6, 6.07) is 4.05. The Bertz CT molecular complexity index is 730. The average molecular weight is 401 g/mol. The van der Waals surface area contributed by atoms with Crippen molar-refractivity contribution in [3.05, 3.63) is 28.8 Å². The topological polar surface area (TPSA) is 64.6 Å². The zero-order valence-electron chi connectivity index (χ0n) is 19.5. The second-order valence-corrected chi connectivity index (χ2v) is 10.4.